The minimum atomic E-state index is -0.185. The fraction of sp³-hybridized carbons (Fsp3) is 0.353. The SMILES string of the molecule is CC(=O)Nc1nc(C(=O)N2CCN(c3ccccc3C)CC2)cs1. The Morgan fingerprint density at radius 1 is 1.17 bits per heavy atom. The van der Waals surface area contributed by atoms with Gasteiger partial charge in [0.2, 0.25) is 5.91 Å². The number of nitrogens with one attached hydrogen (secondary N) is 1. The molecule has 3 rings (SSSR count). The quantitative estimate of drug-likeness (QED) is 0.928. The van der Waals surface area contributed by atoms with E-state index in [9.17, 15) is 9.59 Å². The van der Waals surface area contributed by atoms with Gasteiger partial charge in [0.25, 0.3) is 5.91 Å². The molecule has 1 saturated heterocycles. The highest BCUT2D eigenvalue weighted by Crippen LogP contribution is 2.22. The summed E-state index contributed by atoms with van der Waals surface area (Å²) in [6, 6.07) is 8.30. The molecule has 1 aromatic carbocycles. The van der Waals surface area contributed by atoms with E-state index in [-0.39, 0.29) is 11.8 Å². The lowest BCUT2D eigenvalue weighted by Crippen LogP contribution is -2.49. The lowest BCUT2D eigenvalue weighted by molar-refractivity contribution is -0.114. The molecule has 1 N–H and O–H groups in total. The molecule has 1 aromatic heterocycles. The molecule has 1 aliphatic heterocycles. The van der Waals surface area contributed by atoms with Crippen molar-refractivity contribution in [3.05, 3.63) is 40.9 Å². The first-order chi connectivity index (χ1) is 11.5. The van der Waals surface area contributed by atoms with E-state index in [1.54, 1.807) is 5.38 Å². The van der Waals surface area contributed by atoms with Gasteiger partial charge in [-0.2, -0.15) is 0 Å². The zero-order valence-corrected chi connectivity index (χ0v) is 14.6. The van der Waals surface area contributed by atoms with Gasteiger partial charge in [0.15, 0.2) is 5.13 Å². The van der Waals surface area contributed by atoms with Crippen molar-refractivity contribution in [2.45, 2.75) is 13.8 Å². The molecule has 1 aliphatic rings. The third kappa shape index (κ3) is 3.56. The summed E-state index contributed by atoms with van der Waals surface area (Å²) in [5.41, 5.74) is 2.87. The first-order valence-electron chi connectivity index (χ1n) is 7.87. The first kappa shape index (κ1) is 16.4. The van der Waals surface area contributed by atoms with Crippen LogP contribution < -0.4 is 10.2 Å². The van der Waals surface area contributed by atoms with Crippen molar-refractivity contribution >= 4 is 34.0 Å². The van der Waals surface area contributed by atoms with Crippen LogP contribution in [-0.2, 0) is 4.79 Å². The number of amides is 2. The zero-order chi connectivity index (χ0) is 17.1. The average Bonchev–Trinajstić information content (AvgIpc) is 3.02. The average molecular weight is 344 g/mol. The summed E-state index contributed by atoms with van der Waals surface area (Å²) in [6.07, 6.45) is 0. The summed E-state index contributed by atoms with van der Waals surface area (Å²) < 4.78 is 0. The topological polar surface area (TPSA) is 65.5 Å². The van der Waals surface area contributed by atoms with Crippen molar-refractivity contribution in [1.29, 1.82) is 0 Å². The van der Waals surface area contributed by atoms with E-state index < -0.39 is 0 Å². The van der Waals surface area contributed by atoms with Gasteiger partial charge in [0.1, 0.15) is 5.69 Å². The van der Waals surface area contributed by atoms with Gasteiger partial charge in [-0.25, -0.2) is 4.98 Å². The molecule has 0 saturated carbocycles. The summed E-state index contributed by atoms with van der Waals surface area (Å²) in [7, 11) is 0. The van der Waals surface area contributed by atoms with Gasteiger partial charge in [-0.15, -0.1) is 11.3 Å². The molecule has 24 heavy (non-hydrogen) atoms. The Morgan fingerprint density at radius 2 is 1.88 bits per heavy atom. The predicted octanol–water partition coefficient (Wildman–Crippen LogP) is 2.37. The zero-order valence-electron chi connectivity index (χ0n) is 13.8. The number of anilines is 2. The maximum atomic E-state index is 12.5. The van der Waals surface area contributed by atoms with Gasteiger partial charge in [-0.1, -0.05) is 18.2 Å². The smallest absolute Gasteiger partial charge is 0.273 e. The number of nitrogens with zero attached hydrogens (tertiary/aromatic N) is 3. The molecule has 126 valence electrons. The summed E-state index contributed by atoms with van der Waals surface area (Å²) in [6.45, 7) is 6.47. The van der Waals surface area contributed by atoms with Crippen molar-refractivity contribution in [3.8, 4) is 0 Å². The van der Waals surface area contributed by atoms with E-state index in [2.05, 4.69) is 34.3 Å². The molecule has 0 spiro atoms. The molecule has 0 radical (unpaired) electrons. The van der Waals surface area contributed by atoms with Crippen LogP contribution >= 0.6 is 11.3 Å². The second-order valence-corrected chi connectivity index (χ2v) is 6.64. The molecule has 0 bridgehead atoms. The lowest BCUT2D eigenvalue weighted by Gasteiger charge is -2.36. The highest BCUT2D eigenvalue weighted by Gasteiger charge is 2.24. The summed E-state index contributed by atoms with van der Waals surface area (Å²) in [4.78, 5) is 31.9. The number of piperazine rings is 1. The van der Waals surface area contributed by atoms with Gasteiger partial charge >= 0.3 is 0 Å². The molecule has 0 unspecified atom stereocenters. The summed E-state index contributed by atoms with van der Waals surface area (Å²) in [5.74, 6) is -0.262. The first-order valence-corrected chi connectivity index (χ1v) is 8.75. The predicted molar refractivity (Wildman–Crippen MR) is 95.7 cm³/mol. The number of aromatic nitrogens is 1. The molecule has 2 heterocycles. The number of carbonyl (C=O) groups is 2. The largest absolute Gasteiger partial charge is 0.368 e. The number of benzene rings is 1. The molecule has 7 heteroatoms. The van der Waals surface area contributed by atoms with Crippen molar-refractivity contribution in [1.82, 2.24) is 9.88 Å². The normalized spacial score (nSPS) is 14.6. The number of thiazole rings is 1. The number of hydrogen-bond acceptors (Lipinski definition) is 5. The minimum absolute atomic E-state index is 0.0766. The minimum Gasteiger partial charge on any atom is -0.368 e. The fourth-order valence-electron chi connectivity index (χ4n) is 2.81. The van der Waals surface area contributed by atoms with Crippen molar-refractivity contribution < 1.29 is 9.59 Å². The highest BCUT2D eigenvalue weighted by atomic mass is 32.1. The van der Waals surface area contributed by atoms with Crippen LogP contribution in [-0.4, -0.2) is 47.9 Å². The molecule has 0 aliphatic carbocycles. The number of para-hydroxylation sites is 1. The summed E-state index contributed by atoms with van der Waals surface area (Å²) >= 11 is 1.27. The lowest BCUT2D eigenvalue weighted by atomic mass is 10.1. The summed E-state index contributed by atoms with van der Waals surface area (Å²) in [5, 5.41) is 4.77. The highest BCUT2D eigenvalue weighted by molar-refractivity contribution is 7.14. The Bertz CT molecular complexity index is 751. The van der Waals surface area contributed by atoms with E-state index >= 15 is 0 Å². The Balaban J connectivity index is 1.62. The van der Waals surface area contributed by atoms with Crippen LogP contribution in [0.15, 0.2) is 29.6 Å². The molecule has 2 amide bonds. The maximum Gasteiger partial charge on any atom is 0.273 e. The van der Waals surface area contributed by atoms with Crippen molar-refractivity contribution in [2.75, 3.05) is 36.4 Å². The Labute approximate surface area is 145 Å². The molecular weight excluding hydrogens is 324 g/mol. The monoisotopic (exact) mass is 344 g/mol. The van der Waals surface area contributed by atoms with Gasteiger partial charge in [-0.05, 0) is 18.6 Å². The van der Waals surface area contributed by atoms with Gasteiger partial charge in [0, 0.05) is 44.2 Å². The Morgan fingerprint density at radius 3 is 2.54 bits per heavy atom. The second kappa shape index (κ2) is 7.00. The third-order valence-corrected chi connectivity index (χ3v) is 4.79. The van der Waals surface area contributed by atoms with E-state index in [0.29, 0.717) is 23.9 Å². The molecular formula is C17H20N4O2S. The number of aryl methyl sites for hydroxylation is 1. The second-order valence-electron chi connectivity index (χ2n) is 5.78. The molecule has 6 nitrogen and oxygen atoms in total. The van der Waals surface area contributed by atoms with Crippen molar-refractivity contribution in [2.24, 2.45) is 0 Å². The fourth-order valence-corrected chi connectivity index (χ4v) is 3.54. The van der Waals surface area contributed by atoms with Crippen LogP contribution in [0.5, 0.6) is 0 Å². The maximum absolute atomic E-state index is 12.5. The van der Waals surface area contributed by atoms with E-state index in [4.69, 9.17) is 0 Å². The van der Waals surface area contributed by atoms with E-state index in [1.807, 2.05) is 17.0 Å². The van der Waals surface area contributed by atoms with Crippen LogP contribution in [0.3, 0.4) is 0 Å². The number of hydrogen-bond donors (Lipinski definition) is 1. The van der Waals surface area contributed by atoms with E-state index in [1.165, 1.54) is 29.5 Å². The van der Waals surface area contributed by atoms with Crippen LogP contribution in [0.25, 0.3) is 0 Å². The Kier molecular flexibility index (Phi) is 4.80. The Hall–Kier alpha value is -2.41. The number of rotatable bonds is 3. The molecule has 0 atom stereocenters. The van der Waals surface area contributed by atoms with Crippen molar-refractivity contribution in [3.63, 3.8) is 0 Å². The molecule has 2 aromatic rings. The van der Waals surface area contributed by atoms with Gasteiger partial charge in [-0.3, -0.25) is 9.59 Å². The third-order valence-electron chi connectivity index (χ3n) is 4.03. The van der Waals surface area contributed by atoms with Gasteiger partial charge < -0.3 is 15.1 Å². The van der Waals surface area contributed by atoms with Gasteiger partial charge in [0.05, 0.1) is 0 Å². The van der Waals surface area contributed by atoms with Crippen LogP contribution in [0.4, 0.5) is 10.8 Å². The number of carbonyl (C=O) groups excluding carboxylic acids is 2. The van der Waals surface area contributed by atoms with Crippen LogP contribution in [0, 0.1) is 6.92 Å². The van der Waals surface area contributed by atoms with Crippen LogP contribution in [0.1, 0.15) is 23.0 Å². The van der Waals surface area contributed by atoms with Crippen LogP contribution in [0.2, 0.25) is 0 Å². The standard InChI is InChI=1S/C17H20N4O2S/c1-12-5-3-4-6-15(12)20-7-9-21(10-8-20)16(23)14-11-24-17(19-14)18-13(2)22/h3-6,11H,7-10H2,1-2H3,(H,18,19,22). The van der Waals surface area contributed by atoms with E-state index in [0.717, 1.165) is 13.1 Å². The molecule has 1 fully saturated rings.